The van der Waals surface area contributed by atoms with Gasteiger partial charge in [-0.2, -0.15) is 0 Å². The van der Waals surface area contributed by atoms with Gasteiger partial charge >= 0.3 is 0 Å². The Bertz CT molecular complexity index is 464. The highest BCUT2D eigenvalue weighted by Crippen LogP contribution is 2.34. The number of benzene rings is 1. The zero-order chi connectivity index (χ0) is 15.5. The van der Waals surface area contributed by atoms with Crippen molar-refractivity contribution in [3.8, 4) is 5.75 Å². The molecule has 0 amide bonds. The van der Waals surface area contributed by atoms with Crippen LogP contribution in [0.2, 0.25) is 0 Å². The van der Waals surface area contributed by atoms with E-state index >= 15 is 0 Å². The Balaban J connectivity index is 2.06. The molecule has 3 heteroatoms. The zero-order valence-electron chi connectivity index (χ0n) is 14.2. The second-order valence-corrected chi connectivity index (χ2v) is 6.67. The van der Waals surface area contributed by atoms with E-state index in [1.165, 1.54) is 36.8 Å². The van der Waals surface area contributed by atoms with Crippen LogP contribution in [0.4, 0.5) is 0 Å². The molecule has 1 fully saturated rings. The molecule has 1 aliphatic rings. The van der Waals surface area contributed by atoms with Crippen molar-refractivity contribution in [2.75, 3.05) is 27.7 Å². The van der Waals surface area contributed by atoms with Crippen LogP contribution in [0.15, 0.2) is 18.2 Å². The van der Waals surface area contributed by atoms with Crippen LogP contribution in [0.25, 0.3) is 0 Å². The van der Waals surface area contributed by atoms with Crippen molar-refractivity contribution in [2.45, 2.75) is 51.1 Å². The maximum atomic E-state index is 5.54. The van der Waals surface area contributed by atoms with Crippen LogP contribution >= 0.6 is 0 Å². The van der Waals surface area contributed by atoms with E-state index in [4.69, 9.17) is 4.74 Å². The lowest BCUT2D eigenvalue weighted by Crippen LogP contribution is -2.50. The molecule has 1 aliphatic carbocycles. The van der Waals surface area contributed by atoms with Crippen LogP contribution in [0.5, 0.6) is 5.75 Å². The molecule has 1 atom stereocenters. The summed E-state index contributed by atoms with van der Waals surface area (Å²) in [5.74, 6) is 0.986. The molecule has 0 aliphatic heterocycles. The first-order valence-electron chi connectivity index (χ1n) is 8.04. The first kappa shape index (κ1) is 16.3. The molecule has 1 N–H and O–H groups in total. The van der Waals surface area contributed by atoms with Gasteiger partial charge in [0.2, 0.25) is 0 Å². The molecule has 21 heavy (non-hydrogen) atoms. The van der Waals surface area contributed by atoms with E-state index in [0.29, 0.717) is 11.6 Å². The van der Waals surface area contributed by atoms with Crippen molar-refractivity contribution < 1.29 is 4.74 Å². The van der Waals surface area contributed by atoms with Crippen molar-refractivity contribution in [3.63, 3.8) is 0 Å². The van der Waals surface area contributed by atoms with Crippen LogP contribution in [-0.2, 0) is 0 Å². The van der Waals surface area contributed by atoms with Gasteiger partial charge in [-0.3, -0.25) is 0 Å². The number of nitrogens with zero attached hydrogens (tertiary/aromatic N) is 1. The Hall–Kier alpha value is -1.06. The van der Waals surface area contributed by atoms with Crippen molar-refractivity contribution >= 4 is 0 Å². The molecule has 118 valence electrons. The third-order valence-electron chi connectivity index (χ3n) is 5.08. The monoisotopic (exact) mass is 290 g/mol. The predicted molar refractivity (Wildman–Crippen MR) is 89.0 cm³/mol. The summed E-state index contributed by atoms with van der Waals surface area (Å²) in [5.41, 5.74) is 2.81. The van der Waals surface area contributed by atoms with Gasteiger partial charge in [-0.05, 0) is 52.4 Å². The van der Waals surface area contributed by atoms with Gasteiger partial charge in [0, 0.05) is 23.7 Å². The summed E-state index contributed by atoms with van der Waals surface area (Å²) < 4.78 is 5.54. The molecular weight excluding hydrogens is 260 g/mol. The zero-order valence-corrected chi connectivity index (χ0v) is 14.2. The number of methoxy groups -OCH3 is 1. The minimum absolute atomic E-state index is 0.304. The van der Waals surface area contributed by atoms with Gasteiger partial charge in [0.1, 0.15) is 5.75 Å². The molecule has 0 heterocycles. The van der Waals surface area contributed by atoms with Gasteiger partial charge < -0.3 is 15.0 Å². The highest BCUT2D eigenvalue weighted by Gasteiger charge is 2.35. The van der Waals surface area contributed by atoms with E-state index in [1.807, 2.05) is 0 Å². The molecule has 0 aromatic heterocycles. The quantitative estimate of drug-likeness (QED) is 0.867. The third kappa shape index (κ3) is 3.58. The van der Waals surface area contributed by atoms with Crippen molar-refractivity contribution in [1.29, 1.82) is 0 Å². The molecule has 1 unspecified atom stereocenters. The summed E-state index contributed by atoms with van der Waals surface area (Å²) in [6.45, 7) is 5.37. The van der Waals surface area contributed by atoms with Crippen LogP contribution in [0.1, 0.15) is 49.8 Å². The minimum atomic E-state index is 0.304. The first-order chi connectivity index (χ1) is 9.98. The molecule has 0 radical (unpaired) electrons. The highest BCUT2D eigenvalue weighted by molar-refractivity contribution is 5.39. The van der Waals surface area contributed by atoms with Crippen molar-refractivity contribution in [1.82, 2.24) is 10.2 Å². The fourth-order valence-electron chi connectivity index (χ4n) is 3.44. The number of hydrogen-bond donors (Lipinski definition) is 1. The Morgan fingerprint density at radius 2 is 1.95 bits per heavy atom. The summed E-state index contributed by atoms with van der Waals surface area (Å²) in [4.78, 5) is 2.41. The summed E-state index contributed by atoms with van der Waals surface area (Å²) in [5, 5.41) is 3.74. The minimum Gasteiger partial charge on any atom is -0.496 e. The van der Waals surface area contributed by atoms with Crippen molar-refractivity contribution in [3.05, 3.63) is 29.3 Å². The number of likely N-dealkylation sites (N-methyl/N-ethyl adjacent to an activating group) is 1. The van der Waals surface area contributed by atoms with E-state index in [9.17, 15) is 0 Å². The highest BCUT2D eigenvalue weighted by atomic mass is 16.5. The Morgan fingerprint density at radius 3 is 2.52 bits per heavy atom. The molecule has 2 rings (SSSR count). The second-order valence-electron chi connectivity index (χ2n) is 6.67. The topological polar surface area (TPSA) is 24.5 Å². The Morgan fingerprint density at radius 1 is 1.29 bits per heavy atom. The van der Waals surface area contributed by atoms with Crippen LogP contribution in [-0.4, -0.2) is 38.2 Å². The van der Waals surface area contributed by atoms with Gasteiger partial charge in [0.25, 0.3) is 0 Å². The molecule has 1 saturated carbocycles. The lowest BCUT2D eigenvalue weighted by Gasteiger charge is -2.37. The summed E-state index contributed by atoms with van der Waals surface area (Å²) in [7, 11) is 6.18. The van der Waals surface area contributed by atoms with E-state index < -0.39 is 0 Å². The fourth-order valence-corrected chi connectivity index (χ4v) is 3.44. The number of ether oxygens (including phenoxy) is 1. The normalized spacial score (nSPS) is 19.0. The third-order valence-corrected chi connectivity index (χ3v) is 5.08. The average Bonchev–Trinajstić information content (AvgIpc) is 2.94. The average molecular weight is 290 g/mol. The molecule has 1 aromatic carbocycles. The van der Waals surface area contributed by atoms with Crippen molar-refractivity contribution in [2.24, 2.45) is 0 Å². The van der Waals surface area contributed by atoms with Crippen LogP contribution < -0.4 is 10.1 Å². The SMILES string of the molecule is COc1cc(C)ccc1C(C)NCC1(N(C)C)CCCC1. The molecule has 0 bridgehead atoms. The van der Waals surface area contributed by atoms with Gasteiger partial charge in [0.15, 0.2) is 0 Å². The summed E-state index contributed by atoms with van der Waals surface area (Å²) >= 11 is 0. The second kappa shape index (κ2) is 6.80. The Kier molecular flexibility index (Phi) is 5.28. The van der Waals surface area contributed by atoms with E-state index in [1.54, 1.807) is 7.11 Å². The summed E-state index contributed by atoms with van der Waals surface area (Å²) in [6, 6.07) is 6.76. The lowest BCUT2D eigenvalue weighted by molar-refractivity contribution is 0.150. The molecule has 0 spiro atoms. The summed E-state index contributed by atoms with van der Waals surface area (Å²) in [6.07, 6.45) is 5.29. The van der Waals surface area contributed by atoms with Gasteiger partial charge in [-0.15, -0.1) is 0 Å². The molecular formula is C18H30N2O. The lowest BCUT2D eigenvalue weighted by atomic mass is 9.95. The standard InChI is InChI=1S/C18H30N2O/c1-14-8-9-16(17(12-14)21-5)15(2)19-13-18(20(3)4)10-6-7-11-18/h8-9,12,15,19H,6-7,10-11,13H2,1-5H3. The number of hydrogen-bond acceptors (Lipinski definition) is 3. The maximum absolute atomic E-state index is 5.54. The van der Waals surface area contributed by atoms with E-state index in [2.05, 4.69) is 56.4 Å². The smallest absolute Gasteiger partial charge is 0.123 e. The largest absolute Gasteiger partial charge is 0.496 e. The number of nitrogens with one attached hydrogen (secondary N) is 1. The Labute approximate surface area is 129 Å². The maximum Gasteiger partial charge on any atom is 0.123 e. The molecule has 3 nitrogen and oxygen atoms in total. The number of rotatable bonds is 6. The van der Waals surface area contributed by atoms with Crippen LogP contribution in [0, 0.1) is 6.92 Å². The first-order valence-corrected chi connectivity index (χ1v) is 8.04. The van der Waals surface area contributed by atoms with Gasteiger partial charge in [0.05, 0.1) is 7.11 Å². The van der Waals surface area contributed by atoms with E-state index in [-0.39, 0.29) is 0 Å². The van der Waals surface area contributed by atoms with E-state index in [0.717, 1.165) is 12.3 Å². The molecule has 1 aromatic rings. The molecule has 0 saturated heterocycles. The van der Waals surface area contributed by atoms with Crippen LogP contribution in [0.3, 0.4) is 0 Å². The van der Waals surface area contributed by atoms with Gasteiger partial charge in [-0.25, -0.2) is 0 Å². The number of aryl methyl sites for hydroxylation is 1. The van der Waals surface area contributed by atoms with Gasteiger partial charge in [-0.1, -0.05) is 25.0 Å². The predicted octanol–water partition coefficient (Wildman–Crippen LogP) is 3.53. The fraction of sp³-hybridized carbons (Fsp3) is 0.667.